The fourth-order valence-corrected chi connectivity index (χ4v) is 4.98. The van der Waals surface area contributed by atoms with Crippen LogP contribution in [0.5, 0.6) is 0 Å². The maximum atomic E-state index is 6.06. The summed E-state index contributed by atoms with van der Waals surface area (Å²) in [5.74, 6) is 0. The van der Waals surface area contributed by atoms with Crippen molar-refractivity contribution in [3.8, 4) is 0 Å². The minimum atomic E-state index is -2.39. The van der Waals surface area contributed by atoms with Crippen LogP contribution >= 0.6 is 0 Å². The third-order valence-electron chi connectivity index (χ3n) is 4.53. The standard InChI is InChI=1S/C19H42O3Si/c1-5-7-9-11-12-13-15-17-19-23(20-3,21-4)22-18-16-14-10-8-6-2/h5-19H2,1-4H3. The molecule has 23 heavy (non-hydrogen) atoms. The number of unbranched alkanes of at least 4 members (excludes halogenated alkanes) is 11. The lowest BCUT2D eigenvalue weighted by atomic mass is 10.1. The largest absolute Gasteiger partial charge is 0.500 e. The van der Waals surface area contributed by atoms with Crippen molar-refractivity contribution in [1.82, 2.24) is 0 Å². The van der Waals surface area contributed by atoms with Crippen LogP contribution < -0.4 is 0 Å². The Morgan fingerprint density at radius 2 is 1.00 bits per heavy atom. The summed E-state index contributed by atoms with van der Waals surface area (Å²) in [6.07, 6.45) is 16.9. The third-order valence-corrected chi connectivity index (χ3v) is 7.38. The van der Waals surface area contributed by atoms with Gasteiger partial charge in [0, 0.05) is 26.9 Å². The molecule has 0 aromatic carbocycles. The van der Waals surface area contributed by atoms with Crippen molar-refractivity contribution >= 4 is 8.80 Å². The summed E-state index contributed by atoms with van der Waals surface area (Å²) in [5.41, 5.74) is 0. The molecule has 0 spiro atoms. The fourth-order valence-electron chi connectivity index (χ4n) is 2.89. The topological polar surface area (TPSA) is 27.7 Å². The van der Waals surface area contributed by atoms with Gasteiger partial charge in [-0.1, -0.05) is 84.5 Å². The minimum absolute atomic E-state index is 0.786. The molecule has 0 rings (SSSR count). The van der Waals surface area contributed by atoms with E-state index in [9.17, 15) is 0 Å². The van der Waals surface area contributed by atoms with E-state index in [1.807, 2.05) is 0 Å². The van der Waals surface area contributed by atoms with E-state index in [2.05, 4.69) is 13.8 Å². The predicted molar refractivity (Wildman–Crippen MR) is 102 cm³/mol. The van der Waals surface area contributed by atoms with E-state index in [0.29, 0.717) is 0 Å². The van der Waals surface area contributed by atoms with E-state index in [1.54, 1.807) is 14.2 Å². The average Bonchev–Trinajstić information content (AvgIpc) is 2.58. The van der Waals surface area contributed by atoms with Crippen LogP contribution in [0.4, 0.5) is 0 Å². The first-order valence-corrected chi connectivity index (χ1v) is 11.9. The van der Waals surface area contributed by atoms with Gasteiger partial charge in [-0.3, -0.25) is 0 Å². The van der Waals surface area contributed by atoms with Crippen LogP contribution in [0.25, 0.3) is 0 Å². The van der Waals surface area contributed by atoms with Crippen LogP contribution in [0.2, 0.25) is 6.04 Å². The zero-order chi connectivity index (χ0) is 17.2. The lowest BCUT2D eigenvalue weighted by Crippen LogP contribution is -2.44. The summed E-state index contributed by atoms with van der Waals surface area (Å²) < 4.78 is 17.4. The van der Waals surface area contributed by atoms with Crippen LogP contribution in [0.3, 0.4) is 0 Å². The zero-order valence-electron chi connectivity index (χ0n) is 16.3. The summed E-state index contributed by atoms with van der Waals surface area (Å²) in [6, 6.07) is 0.962. The van der Waals surface area contributed by atoms with Gasteiger partial charge in [0.25, 0.3) is 0 Å². The molecular weight excluding hydrogens is 304 g/mol. The highest BCUT2D eigenvalue weighted by molar-refractivity contribution is 6.60. The predicted octanol–water partition coefficient (Wildman–Crippen LogP) is 6.35. The maximum absolute atomic E-state index is 6.06. The van der Waals surface area contributed by atoms with E-state index in [0.717, 1.165) is 25.5 Å². The molecule has 0 heterocycles. The molecule has 0 fully saturated rings. The van der Waals surface area contributed by atoms with Gasteiger partial charge in [0.15, 0.2) is 0 Å². The highest BCUT2D eigenvalue weighted by atomic mass is 28.4. The van der Waals surface area contributed by atoms with Crippen molar-refractivity contribution in [2.45, 2.75) is 103 Å². The van der Waals surface area contributed by atoms with Crippen molar-refractivity contribution in [2.75, 3.05) is 20.8 Å². The maximum Gasteiger partial charge on any atom is 0.500 e. The molecule has 0 aliphatic rings. The van der Waals surface area contributed by atoms with E-state index >= 15 is 0 Å². The van der Waals surface area contributed by atoms with Crippen LogP contribution in [-0.2, 0) is 13.3 Å². The zero-order valence-corrected chi connectivity index (χ0v) is 17.3. The van der Waals surface area contributed by atoms with Gasteiger partial charge in [-0.25, -0.2) is 0 Å². The molecule has 0 amide bonds. The highest BCUT2D eigenvalue weighted by Crippen LogP contribution is 2.20. The molecule has 0 unspecified atom stereocenters. The van der Waals surface area contributed by atoms with Crippen LogP contribution in [-0.4, -0.2) is 29.6 Å². The monoisotopic (exact) mass is 346 g/mol. The van der Waals surface area contributed by atoms with Crippen LogP contribution in [0, 0.1) is 0 Å². The second-order valence-corrected chi connectivity index (χ2v) is 9.55. The summed E-state index contributed by atoms with van der Waals surface area (Å²) in [5, 5.41) is 0. The summed E-state index contributed by atoms with van der Waals surface area (Å²) in [4.78, 5) is 0. The van der Waals surface area contributed by atoms with Gasteiger partial charge in [0.2, 0.25) is 0 Å². The smallest absolute Gasteiger partial charge is 0.377 e. The molecule has 0 saturated heterocycles. The summed E-state index contributed by atoms with van der Waals surface area (Å²) in [6.45, 7) is 5.30. The molecule has 0 N–H and O–H groups in total. The van der Waals surface area contributed by atoms with Crippen LogP contribution in [0.1, 0.15) is 97.3 Å². The van der Waals surface area contributed by atoms with Gasteiger partial charge in [0.05, 0.1) is 0 Å². The first-order chi connectivity index (χ1) is 11.2. The van der Waals surface area contributed by atoms with Crippen molar-refractivity contribution in [2.24, 2.45) is 0 Å². The second kappa shape index (κ2) is 16.9. The lowest BCUT2D eigenvalue weighted by Gasteiger charge is -2.26. The molecule has 0 bridgehead atoms. The molecule has 0 aliphatic carbocycles. The molecule has 0 aromatic rings. The summed E-state index contributed by atoms with van der Waals surface area (Å²) in [7, 11) is 1.10. The number of hydrogen-bond acceptors (Lipinski definition) is 3. The van der Waals surface area contributed by atoms with E-state index in [4.69, 9.17) is 13.3 Å². The van der Waals surface area contributed by atoms with Crippen molar-refractivity contribution in [3.05, 3.63) is 0 Å². The minimum Gasteiger partial charge on any atom is -0.377 e. The molecule has 0 saturated carbocycles. The normalized spacial score (nSPS) is 12.0. The first-order valence-electron chi connectivity index (χ1n) is 9.99. The van der Waals surface area contributed by atoms with Crippen molar-refractivity contribution in [1.29, 1.82) is 0 Å². The third kappa shape index (κ3) is 13.1. The van der Waals surface area contributed by atoms with Gasteiger partial charge < -0.3 is 13.3 Å². The molecule has 0 aromatic heterocycles. The Labute approximate surface area is 146 Å². The molecular formula is C19H42O3Si. The Morgan fingerprint density at radius 3 is 1.48 bits per heavy atom. The van der Waals surface area contributed by atoms with E-state index in [-0.39, 0.29) is 0 Å². The molecule has 4 heteroatoms. The van der Waals surface area contributed by atoms with E-state index in [1.165, 1.54) is 70.6 Å². The molecule has 0 aliphatic heterocycles. The van der Waals surface area contributed by atoms with E-state index < -0.39 is 8.80 Å². The van der Waals surface area contributed by atoms with Crippen molar-refractivity contribution < 1.29 is 13.3 Å². The molecule has 0 atom stereocenters. The Bertz CT molecular complexity index is 233. The quantitative estimate of drug-likeness (QED) is 0.214. The van der Waals surface area contributed by atoms with Gasteiger partial charge in [0.1, 0.15) is 0 Å². The first kappa shape index (κ1) is 23.1. The summed E-state index contributed by atoms with van der Waals surface area (Å²) >= 11 is 0. The van der Waals surface area contributed by atoms with Gasteiger partial charge in [-0.05, 0) is 12.8 Å². The van der Waals surface area contributed by atoms with Gasteiger partial charge in [-0.15, -0.1) is 0 Å². The average molecular weight is 347 g/mol. The molecule has 0 radical (unpaired) electrons. The highest BCUT2D eigenvalue weighted by Gasteiger charge is 2.37. The van der Waals surface area contributed by atoms with Gasteiger partial charge >= 0.3 is 8.80 Å². The lowest BCUT2D eigenvalue weighted by molar-refractivity contribution is 0.0955. The Kier molecular flexibility index (Phi) is 17.0. The SMILES string of the molecule is CCCCCCCCCC[Si](OC)(OC)OCCCCCCC. The number of hydrogen-bond donors (Lipinski definition) is 0. The number of rotatable bonds is 18. The fraction of sp³-hybridized carbons (Fsp3) is 1.00. The second-order valence-electron chi connectivity index (χ2n) is 6.58. The van der Waals surface area contributed by atoms with Crippen molar-refractivity contribution in [3.63, 3.8) is 0 Å². The Morgan fingerprint density at radius 1 is 0.565 bits per heavy atom. The Balaban J connectivity index is 3.73. The Hall–Kier alpha value is 0.0969. The van der Waals surface area contributed by atoms with Gasteiger partial charge in [-0.2, -0.15) is 0 Å². The van der Waals surface area contributed by atoms with Crippen LogP contribution in [0.15, 0.2) is 0 Å². The molecule has 140 valence electrons. The molecule has 3 nitrogen and oxygen atoms in total.